The Balaban J connectivity index is 1.64. The molecule has 0 aliphatic carbocycles. The standard InChI is InChI=1S/C19H29N3O/c1-16(2)7-6-12-21-13-10-19(11-14-21)18(23)20-15-22(19)17-8-4-3-5-9-17/h3-5,8-9,16H,6-7,10-15H2,1-2H3,(H,20,23). The van der Waals surface area contributed by atoms with Gasteiger partial charge in [-0.25, -0.2) is 0 Å². The molecule has 1 aromatic rings. The van der Waals surface area contributed by atoms with Gasteiger partial charge < -0.3 is 15.1 Å². The van der Waals surface area contributed by atoms with Crippen LogP contribution in [0.25, 0.3) is 0 Å². The van der Waals surface area contributed by atoms with Gasteiger partial charge >= 0.3 is 0 Å². The molecule has 0 atom stereocenters. The smallest absolute Gasteiger partial charge is 0.247 e. The van der Waals surface area contributed by atoms with E-state index in [0.29, 0.717) is 6.67 Å². The Morgan fingerprint density at radius 3 is 2.52 bits per heavy atom. The van der Waals surface area contributed by atoms with Gasteiger partial charge in [0.2, 0.25) is 5.91 Å². The number of carbonyl (C=O) groups is 1. The van der Waals surface area contributed by atoms with Crippen LogP contribution in [0.2, 0.25) is 0 Å². The largest absolute Gasteiger partial charge is 0.339 e. The van der Waals surface area contributed by atoms with Crippen LogP contribution in [-0.2, 0) is 4.79 Å². The molecular formula is C19H29N3O. The highest BCUT2D eigenvalue weighted by atomic mass is 16.2. The van der Waals surface area contributed by atoms with Crippen molar-refractivity contribution in [2.75, 3.05) is 31.2 Å². The second-order valence-electron chi connectivity index (χ2n) is 7.34. The Labute approximate surface area is 139 Å². The molecule has 0 radical (unpaired) electrons. The average Bonchev–Trinajstić information content (AvgIpc) is 2.87. The number of hydrogen-bond acceptors (Lipinski definition) is 3. The lowest BCUT2D eigenvalue weighted by atomic mass is 9.85. The van der Waals surface area contributed by atoms with Crippen molar-refractivity contribution in [3.63, 3.8) is 0 Å². The van der Waals surface area contributed by atoms with Gasteiger partial charge in [-0.05, 0) is 50.3 Å². The van der Waals surface area contributed by atoms with Crippen LogP contribution in [0.15, 0.2) is 30.3 Å². The number of nitrogens with one attached hydrogen (secondary N) is 1. The van der Waals surface area contributed by atoms with Crippen LogP contribution in [0.3, 0.4) is 0 Å². The molecule has 0 bridgehead atoms. The van der Waals surface area contributed by atoms with E-state index in [1.807, 2.05) is 18.2 Å². The molecule has 4 nitrogen and oxygen atoms in total. The van der Waals surface area contributed by atoms with Crippen molar-refractivity contribution in [3.05, 3.63) is 30.3 Å². The third-order valence-corrected chi connectivity index (χ3v) is 5.34. The van der Waals surface area contributed by atoms with E-state index in [1.165, 1.54) is 19.4 Å². The summed E-state index contributed by atoms with van der Waals surface area (Å²) in [7, 11) is 0. The van der Waals surface area contributed by atoms with E-state index in [9.17, 15) is 4.79 Å². The summed E-state index contributed by atoms with van der Waals surface area (Å²) in [6, 6.07) is 10.3. The Bertz CT molecular complexity index is 521. The van der Waals surface area contributed by atoms with E-state index >= 15 is 0 Å². The van der Waals surface area contributed by atoms with Gasteiger partial charge in [0.1, 0.15) is 5.54 Å². The summed E-state index contributed by atoms with van der Waals surface area (Å²) < 4.78 is 0. The number of benzene rings is 1. The Morgan fingerprint density at radius 1 is 1.17 bits per heavy atom. The number of nitrogens with zero attached hydrogens (tertiary/aromatic N) is 2. The van der Waals surface area contributed by atoms with Crippen molar-refractivity contribution in [2.45, 2.75) is 45.1 Å². The lowest BCUT2D eigenvalue weighted by Gasteiger charge is -2.43. The summed E-state index contributed by atoms with van der Waals surface area (Å²) in [6.45, 7) is 8.42. The van der Waals surface area contributed by atoms with Crippen molar-refractivity contribution in [2.24, 2.45) is 5.92 Å². The topological polar surface area (TPSA) is 35.6 Å². The molecule has 1 aromatic carbocycles. The first-order valence-corrected chi connectivity index (χ1v) is 8.95. The van der Waals surface area contributed by atoms with Crippen molar-refractivity contribution in [1.82, 2.24) is 10.2 Å². The summed E-state index contributed by atoms with van der Waals surface area (Å²) in [5.41, 5.74) is 0.815. The van der Waals surface area contributed by atoms with Crippen LogP contribution in [-0.4, -0.2) is 42.6 Å². The van der Waals surface area contributed by atoms with Gasteiger partial charge in [-0.3, -0.25) is 4.79 Å². The zero-order valence-corrected chi connectivity index (χ0v) is 14.4. The molecule has 2 aliphatic heterocycles. The number of piperidine rings is 1. The van der Waals surface area contributed by atoms with Gasteiger partial charge in [0.05, 0.1) is 6.67 Å². The maximum absolute atomic E-state index is 12.6. The first-order chi connectivity index (χ1) is 11.1. The van der Waals surface area contributed by atoms with Gasteiger partial charge in [0, 0.05) is 18.8 Å². The van der Waals surface area contributed by atoms with Crippen LogP contribution < -0.4 is 10.2 Å². The molecule has 1 N–H and O–H groups in total. The molecule has 0 saturated carbocycles. The van der Waals surface area contributed by atoms with Crippen molar-refractivity contribution < 1.29 is 4.79 Å². The van der Waals surface area contributed by atoms with Crippen molar-refractivity contribution in [3.8, 4) is 0 Å². The third-order valence-electron chi connectivity index (χ3n) is 5.34. The van der Waals surface area contributed by atoms with Crippen molar-refractivity contribution >= 4 is 11.6 Å². The van der Waals surface area contributed by atoms with E-state index < -0.39 is 0 Å². The quantitative estimate of drug-likeness (QED) is 0.907. The van der Waals surface area contributed by atoms with Crippen LogP contribution in [0, 0.1) is 5.92 Å². The minimum absolute atomic E-state index is 0.211. The van der Waals surface area contributed by atoms with Crippen LogP contribution in [0.4, 0.5) is 5.69 Å². The number of para-hydroxylation sites is 1. The van der Waals surface area contributed by atoms with E-state index in [-0.39, 0.29) is 11.4 Å². The number of rotatable bonds is 5. The number of carbonyl (C=O) groups excluding carboxylic acids is 1. The Hall–Kier alpha value is -1.55. The summed E-state index contributed by atoms with van der Waals surface area (Å²) in [4.78, 5) is 17.4. The predicted octanol–water partition coefficient (Wildman–Crippen LogP) is 2.85. The molecule has 1 amide bonds. The summed E-state index contributed by atoms with van der Waals surface area (Å²) in [6.07, 6.45) is 4.41. The Kier molecular flexibility index (Phi) is 4.90. The molecule has 2 saturated heterocycles. The fourth-order valence-electron chi connectivity index (χ4n) is 3.90. The molecule has 4 heteroatoms. The number of likely N-dealkylation sites (tertiary alicyclic amines) is 1. The predicted molar refractivity (Wildman–Crippen MR) is 94.4 cm³/mol. The highest BCUT2D eigenvalue weighted by Gasteiger charge is 2.50. The van der Waals surface area contributed by atoms with Gasteiger partial charge in [-0.1, -0.05) is 32.0 Å². The fourth-order valence-corrected chi connectivity index (χ4v) is 3.90. The average molecular weight is 315 g/mol. The first kappa shape index (κ1) is 16.3. The molecule has 126 valence electrons. The maximum Gasteiger partial charge on any atom is 0.247 e. The van der Waals surface area contributed by atoms with E-state index in [1.54, 1.807) is 0 Å². The number of anilines is 1. The molecule has 2 aliphatic rings. The number of amides is 1. The van der Waals surface area contributed by atoms with Gasteiger partial charge in [-0.2, -0.15) is 0 Å². The molecule has 23 heavy (non-hydrogen) atoms. The maximum atomic E-state index is 12.6. The molecular weight excluding hydrogens is 286 g/mol. The lowest BCUT2D eigenvalue weighted by Crippen LogP contribution is -2.56. The van der Waals surface area contributed by atoms with Crippen molar-refractivity contribution in [1.29, 1.82) is 0 Å². The SMILES string of the molecule is CC(C)CCCN1CCC2(CC1)C(=O)NCN2c1ccccc1. The highest BCUT2D eigenvalue weighted by molar-refractivity contribution is 5.93. The summed E-state index contributed by atoms with van der Waals surface area (Å²) in [5, 5.41) is 3.07. The second-order valence-corrected chi connectivity index (χ2v) is 7.34. The normalized spacial score (nSPS) is 21.2. The van der Waals surface area contributed by atoms with Crippen LogP contribution in [0.1, 0.15) is 39.5 Å². The van der Waals surface area contributed by atoms with E-state index in [2.05, 4.69) is 41.1 Å². The summed E-state index contributed by atoms with van der Waals surface area (Å²) in [5.74, 6) is 0.989. The molecule has 3 rings (SSSR count). The van der Waals surface area contributed by atoms with E-state index in [4.69, 9.17) is 0 Å². The van der Waals surface area contributed by atoms with E-state index in [0.717, 1.165) is 37.5 Å². The third kappa shape index (κ3) is 3.37. The minimum Gasteiger partial charge on any atom is -0.339 e. The zero-order valence-electron chi connectivity index (χ0n) is 14.4. The highest BCUT2D eigenvalue weighted by Crippen LogP contribution is 2.36. The molecule has 2 heterocycles. The number of hydrogen-bond donors (Lipinski definition) is 1. The summed E-state index contributed by atoms with van der Waals surface area (Å²) >= 11 is 0. The zero-order chi connectivity index (χ0) is 16.3. The fraction of sp³-hybridized carbons (Fsp3) is 0.632. The minimum atomic E-state index is -0.337. The van der Waals surface area contributed by atoms with Gasteiger partial charge in [0.15, 0.2) is 0 Å². The Morgan fingerprint density at radius 2 is 1.87 bits per heavy atom. The van der Waals surface area contributed by atoms with Gasteiger partial charge in [0.25, 0.3) is 0 Å². The first-order valence-electron chi connectivity index (χ1n) is 8.95. The van der Waals surface area contributed by atoms with Crippen LogP contribution >= 0.6 is 0 Å². The monoisotopic (exact) mass is 315 g/mol. The van der Waals surface area contributed by atoms with Gasteiger partial charge in [-0.15, -0.1) is 0 Å². The molecule has 1 spiro atoms. The van der Waals surface area contributed by atoms with Crippen LogP contribution in [0.5, 0.6) is 0 Å². The lowest BCUT2D eigenvalue weighted by molar-refractivity contribution is -0.125. The molecule has 0 aromatic heterocycles. The molecule has 2 fully saturated rings. The molecule has 0 unspecified atom stereocenters. The second kappa shape index (κ2) is 6.91.